The van der Waals surface area contributed by atoms with Gasteiger partial charge in [0, 0.05) is 37.0 Å². The van der Waals surface area contributed by atoms with Gasteiger partial charge in [0.15, 0.2) is 5.16 Å². The number of carbonyl (C=O) groups excluding carboxylic acids is 1. The van der Waals surface area contributed by atoms with Gasteiger partial charge in [0.1, 0.15) is 10.3 Å². The molecule has 0 spiro atoms. The molecule has 0 aliphatic rings. The molecular formula is C18H13N4O4S2-. The summed E-state index contributed by atoms with van der Waals surface area (Å²) in [6.07, 6.45) is 1.35. The number of hydrogen-bond donors (Lipinski definition) is 0. The van der Waals surface area contributed by atoms with Crippen molar-refractivity contribution in [2.75, 3.05) is 0 Å². The van der Waals surface area contributed by atoms with Crippen LogP contribution in [0.2, 0.25) is 0 Å². The second-order valence-electron chi connectivity index (χ2n) is 5.91. The first-order valence-electron chi connectivity index (χ1n) is 8.31. The molecular weight excluding hydrogens is 400 g/mol. The van der Waals surface area contributed by atoms with Crippen molar-refractivity contribution >= 4 is 44.9 Å². The van der Waals surface area contributed by atoms with Crippen LogP contribution in [0.5, 0.6) is 0 Å². The zero-order valence-corrected chi connectivity index (χ0v) is 16.0. The maximum Gasteiger partial charge on any atom is 0.272 e. The molecule has 0 aromatic carbocycles. The molecule has 0 unspecified atom stereocenters. The number of carboxylic acid groups (broad SMARTS) is 1. The molecule has 4 rings (SSSR count). The van der Waals surface area contributed by atoms with E-state index in [1.165, 1.54) is 38.1 Å². The molecule has 4 aromatic heterocycles. The monoisotopic (exact) mass is 413 g/mol. The van der Waals surface area contributed by atoms with Crippen molar-refractivity contribution in [3.63, 3.8) is 0 Å². The molecule has 4 heterocycles. The SMILES string of the molecule is O=C([O-])CCn1c(SCc2cc(=O)n3ccccc3n2)nc2ccsc2c1=O. The topological polar surface area (TPSA) is 109 Å². The molecule has 0 atom stereocenters. The summed E-state index contributed by atoms with van der Waals surface area (Å²) < 4.78 is 3.26. The molecule has 28 heavy (non-hydrogen) atoms. The number of carboxylic acids is 1. The summed E-state index contributed by atoms with van der Waals surface area (Å²) in [7, 11) is 0. The predicted octanol–water partition coefficient (Wildman–Crippen LogP) is 0.898. The highest BCUT2D eigenvalue weighted by atomic mass is 32.2. The molecule has 4 aromatic rings. The Kier molecular flexibility index (Phi) is 4.97. The molecule has 0 fully saturated rings. The Balaban J connectivity index is 1.69. The van der Waals surface area contributed by atoms with Gasteiger partial charge in [-0.2, -0.15) is 0 Å². The van der Waals surface area contributed by atoms with Gasteiger partial charge in [-0.1, -0.05) is 17.8 Å². The van der Waals surface area contributed by atoms with E-state index in [9.17, 15) is 19.5 Å². The van der Waals surface area contributed by atoms with E-state index in [4.69, 9.17) is 0 Å². The van der Waals surface area contributed by atoms with Crippen LogP contribution < -0.4 is 16.2 Å². The molecule has 0 saturated heterocycles. The molecule has 0 N–H and O–H groups in total. The normalized spacial score (nSPS) is 11.3. The first-order valence-corrected chi connectivity index (χ1v) is 10.2. The van der Waals surface area contributed by atoms with Crippen molar-refractivity contribution < 1.29 is 9.90 Å². The average molecular weight is 413 g/mol. The van der Waals surface area contributed by atoms with Gasteiger partial charge in [-0.05, 0) is 23.6 Å². The Morgan fingerprint density at radius 3 is 2.89 bits per heavy atom. The number of nitrogens with zero attached hydrogens (tertiary/aromatic N) is 4. The van der Waals surface area contributed by atoms with Crippen LogP contribution in [0.4, 0.5) is 0 Å². The number of thiophene rings is 1. The summed E-state index contributed by atoms with van der Waals surface area (Å²) >= 11 is 2.50. The summed E-state index contributed by atoms with van der Waals surface area (Å²) in [5.41, 5.74) is 1.16. The van der Waals surface area contributed by atoms with Crippen LogP contribution in [-0.2, 0) is 17.1 Å². The average Bonchev–Trinajstić information content (AvgIpc) is 3.14. The number of thioether (sulfide) groups is 1. The first kappa shape index (κ1) is 18.4. The minimum atomic E-state index is -1.24. The van der Waals surface area contributed by atoms with Crippen LogP contribution in [0.3, 0.4) is 0 Å². The summed E-state index contributed by atoms with van der Waals surface area (Å²) in [5, 5.41) is 13.0. The van der Waals surface area contributed by atoms with E-state index < -0.39 is 5.97 Å². The van der Waals surface area contributed by atoms with Crippen LogP contribution in [0, 0.1) is 0 Å². The van der Waals surface area contributed by atoms with E-state index in [2.05, 4.69) is 9.97 Å². The summed E-state index contributed by atoms with van der Waals surface area (Å²) in [6, 6.07) is 8.46. The van der Waals surface area contributed by atoms with Crippen molar-refractivity contribution in [1.29, 1.82) is 0 Å². The number of aliphatic carboxylic acids is 1. The maximum atomic E-state index is 12.7. The Hall–Kier alpha value is -2.98. The molecule has 0 saturated carbocycles. The zero-order valence-electron chi connectivity index (χ0n) is 14.4. The lowest BCUT2D eigenvalue weighted by atomic mass is 10.4. The van der Waals surface area contributed by atoms with E-state index in [0.717, 1.165) is 0 Å². The van der Waals surface area contributed by atoms with Gasteiger partial charge in [-0.15, -0.1) is 11.3 Å². The van der Waals surface area contributed by atoms with Crippen molar-refractivity contribution in [2.24, 2.45) is 0 Å². The summed E-state index contributed by atoms with van der Waals surface area (Å²) in [5.74, 6) is -0.924. The molecule has 0 aliphatic heterocycles. The van der Waals surface area contributed by atoms with Crippen LogP contribution in [0.25, 0.3) is 15.9 Å². The number of fused-ring (bicyclic) bond motifs is 2. The third-order valence-electron chi connectivity index (χ3n) is 4.04. The van der Waals surface area contributed by atoms with Gasteiger partial charge < -0.3 is 9.90 Å². The molecule has 10 heteroatoms. The van der Waals surface area contributed by atoms with Crippen LogP contribution in [-0.4, -0.2) is 24.9 Å². The summed E-state index contributed by atoms with van der Waals surface area (Å²) in [4.78, 5) is 44.7. The highest BCUT2D eigenvalue weighted by Gasteiger charge is 2.13. The minimum Gasteiger partial charge on any atom is -0.550 e. The lowest BCUT2D eigenvalue weighted by Crippen LogP contribution is -2.28. The number of rotatable bonds is 6. The van der Waals surface area contributed by atoms with E-state index in [-0.39, 0.29) is 24.1 Å². The molecule has 0 radical (unpaired) electrons. The van der Waals surface area contributed by atoms with E-state index in [1.54, 1.807) is 35.8 Å². The number of hydrogen-bond acceptors (Lipinski definition) is 8. The van der Waals surface area contributed by atoms with Crippen molar-refractivity contribution in [2.45, 2.75) is 23.9 Å². The van der Waals surface area contributed by atoms with Crippen LogP contribution in [0.1, 0.15) is 12.1 Å². The van der Waals surface area contributed by atoms with E-state index >= 15 is 0 Å². The molecule has 142 valence electrons. The van der Waals surface area contributed by atoms with Gasteiger partial charge in [0.2, 0.25) is 0 Å². The van der Waals surface area contributed by atoms with Gasteiger partial charge in [0.25, 0.3) is 11.1 Å². The number of pyridine rings is 1. The fraction of sp³-hybridized carbons (Fsp3) is 0.167. The fourth-order valence-corrected chi connectivity index (χ4v) is 4.45. The van der Waals surface area contributed by atoms with Crippen LogP contribution >= 0.6 is 23.1 Å². The fourth-order valence-electron chi connectivity index (χ4n) is 2.75. The third kappa shape index (κ3) is 3.56. The van der Waals surface area contributed by atoms with Crippen molar-refractivity contribution in [1.82, 2.24) is 18.9 Å². The van der Waals surface area contributed by atoms with Crippen molar-refractivity contribution in [3.8, 4) is 0 Å². The number of carbonyl (C=O) groups is 1. The highest BCUT2D eigenvalue weighted by Crippen LogP contribution is 2.23. The Morgan fingerprint density at radius 2 is 2.07 bits per heavy atom. The van der Waals surface area contributed by atoms with Crippen LogP contribution in [0.15, 0.2) is 56.7 Å². The van der Waals surface area contributed by atoms with E-state index in [0.29, 0.717) is 32.5 Å². The quantitative estimate of drug-likeness (QED) is 0.341. The second-order valence-corrected chi connectivity index (χ2v) is 7.77. The van der Waals surface area contributed by atoms with Gasteiger partial charge in [-0.3, -0.25) is 18.6 Å². The van der Waals surface area contributed by atoms with Gasteiger partial charge >= 0.3 is 0 Å². The largest absolute Gasteiger partial charge is 0.550 e. The molecule has 0 amide bonds. The molecule has 0 bridgehead atoms. The third-order valence-corrected chi connectivity index (χ3v) is 5.95. The lowest BCUT2D eigenvalue weighted by molar-refractivity contribution is -0.306. The van der Waals surface area contributed by atoms with Crippen molar-refractivity contribution in [3.05, 3.63) is 68.3 Å². The van der Waals surface area contributed by atoms with Gasteiger partial charge in [0.05, 0.1) is 11.2 Å². The second kappa shape index (κ2) is 7.56. The van der Waals surface area contributed by atoms with Gasteiger partial charge in [-0.25, -0.2) is 9.97 Å². The zero-order chi connectivity index (χ0) is 19.7. The Bertz CT molecular complexity index is 1310. The predicted molar refractivity (Wildman–Crippen MR) is 105 cm³/mol. The standard InChI is InChI=1S/C18H14N4O4S2/c23-14-9-11(19-13-3-1-2-6-21(13)14)10-28-18-20-12-5-8-27-16(12)17(26)22(18)7-4-15(24)25/h1-3,5-6,8-9H,4,7,10H2,(H,24,25)/p-1. The van der Waals surface area contributed by atoms with E-state index in [1.807, 2.05) is 0 Å². The number of aromatic nitrogens is 4. The Labute approximate surface area is 166 Å². The first-order chi connectivity index (χ1) is 13.5. The minimum absolute atomic E-state index is 0.0296. The lowest BCUT2D eigenvalue weighted by Gasteiger charge is -2.12. The molecule has 8 nitrogen and oxygen atoms in total. The maximum absolute atomic E-state index is 12.7. The highest BCUT2D eigenvalue weighted by molar-refractivity contribution is 7.98. The summed E-state index contributed by atoms with van der Waals surface area (Å²) in [6.45, 7) is -0.0296. The molecule has 0 aliphatic carbocycles. The smallest absolute Gasteiger partial charge is 0.272 e. The Morgan fingerprint density at radius 1 is 1.21 bits per heavy atom.